The maximum Gasteiger partial charge on any atom is 0.241 e. The Kier molecular flexibility index (Phi) is 5.57. The second-order valence-corrected chi connectivity index (χ2v) is 8.77. The Balaban J connectivity index is 2.32. The number of benzene rings is 3. The third-order valence-corrected chi connectivity index (χ3v) is 6.85. The van der Waals surface area contributed by atoms with Crippen LogP contribution in [-0.4, -0.2) is 6.71 Å². The summed E-state index contributed by atoms with van der Waals surface area (Å²) < 4.78 is 0. The molecule has 0 N–H and O–H groups in total. The molecule has 0 bridgehead atoms. The molecule has 0 aliphatic heterocycles. The smallest absolute Gasteiger partial charge is 0.0681 e. The predicted molar refractivity (Wildman–Crippen MR) is 127 cm³/mol. The third-order valence-electron chi connectivity index (χ3n) is 6.85. The maximum absolute atomic E-state index is 2.39. The van der Waals surface area contributed by atoms with Crippen LogP contribution >= 0.6 is 0 Å². The van der Waals surface area contributed by atoms with Crippen molar-refractivity contribution < 1.29 is 0 Å². The van der Waals surface area contributed by atoms with E-state index in [0.717, 1.165) is 0 Å². The fourth-order valence-corrected chi connectivity index (χ4v) is 4.28. The van der Waals surface area contributed by atoms with E-state index in [4.69, 9.17) is 0 Å². The minimum absolute atomic E-state index is 0.258. The van der Waals surface area contributed by atoms with Crippen molar-refractivity contribution in [2.45, 2.75) is 62.3 Å². The molecule has 3 aromatic carbocycles. The quantitative estimate of drug-likeness (QED) is 0.572. The molecular formula is C27H33B. The van der Waals surface area contributed by atoms with Crippen molar-refractivity contribution in [1.29, 1.82) is 0 Å². The average molecular weight is 368 g/mol. The highest BCUT2D eigenvalue weighted by Crippen LogP contribution is 2.15. The normalized spacial score (nSPS) is 11.0. The molecule has 0 radical (unpaired) electrons. The topological polar surface area (TPSA) is 0 Å². The first-order valence-corrected chi connectivity index (χ1v) is 10.3. The van der Waals surface area contributed by atoms with E-state index in [2.05, 4.69) is 98.7 Å². The van der Waals surface area contributed by atoms with Gasteiger partial charge in [0.05, 0.1) is 0 Å². The minimum Gasteiger partial charge on any atom is -0.0681 e. The highest BCUT2D eigenvalue weighted by Gasteiger charge is 2.24. The van der Waals surface area contributed by atoms with Crippen LogP contribution < -0.4 is 16.4 Å². The van der Waals surface area contributed by atoms with Crippen LogP contribution in [0.5, 0.6) is 0 Å². The van der Waals surface area contributed by atoms with Gasteiger partial charge in [-0.25, -0.2) is 0 Å². The Hall–Kier alpha value is -2.28. The molecule has 0 amide bonds. The SMILES string of the molecule is Cc1cc(B(c2cc(C)c(C)c(C)c2)c2cc(C)c(C)c(C)c2)cc(C)c1C. The Bertz CT molecular complexity index is 850. The fourth-order valence-electron chi connectivity index (χ4n) is 4.28. The van der Waals surface area contributed by atoms with Crippen LogP contribution in [0, 0.1) is 62.3 Å². The number of hydrogen-bond donors (Lipinski definition) is 0. The van der Waals surface area contributed by atoms with Crippen molar-refractivity contribution in [3.8, 4) is 0 Å². The second-order valence-electron chi connectivity index (χ2n) is 8.77. The van der Waals surface area contributed by atoms with Gasteiger partial charge in [-0.2, -0.15) is 0 Å². The highest BCUT2D eigenvalue weighted by atomic mass is 14.1. The first kappa shape index (κ1) is 20.5. The molecule has 0 aliphatic rings. The summed E-state index contributed by atoms with van der Waals surface area (Å²) in [5.74, 6) is 0. The molecule has 0 fully saturated rings. The monoisotopic (exact) mass is 368 g/mol. The molecule has 0 heterocycles. The van der Waals surface area contributed by atoms with Gasteiger partial charge in [-0.3, -0.25) is 0 Å². The molecule has 0 unspecified atom stereocenters. The summed E-state index contributed by atoms with van der Waals surface area (Å²) in [6.45, 7) is 20.4. The van der Waals surface area contributed by atoms with Gasteiger partial charge in [0.15, 0.2) is 0 Å². The molecule has 144 valence electrons. The van der Waals surface area contributed by atoms with Crippen LogP contribution in [0.15, 0.2) is 36.4 Å². The predicted octanol–water partition coefficient (Wildman–Crippen LogP) is 4.98. The summed E-state index contributed by atoms with van der Waals surface area (Å²) in [5, 5.41) is 0. The molecule has 1 heteroatoms. The Labute approximate surface area is 172 Å². The van der Waals surface area contributed by atoms with E-state index in [0.29, 0.717) is 0 Å². The van der Waals surface area contributed by atoms with Gasteiger partial charge in [0.25, 0.3) is 0 Å². The van der Waals surface area contributed by atoms with Crippen LogP contribution in [0.2, 0.25) is 0 Å². The van der Waals surface area contributed by atoms with Crippen LogP contribution in [0.4, 0.5) is 0 Å². The Morgan fingerprint density at radius 3 is 0.714 bits per heavy atom. The zero-order valence-corrected chi connectivity index (χ0v) is 19.0. The summed E-state index contributed by atoms with van der Waals surface area (Å²) in [6, 6.07) is 14.3. The highest BCUT2D eigenvalue weighted by molar-refractivity contribution is 6.95. The summed E-state index contributed by atoms with van der Waals surface area (Å²) >= 11 is 0. The first-order valence-electron chi connectivity index (χ1n) is 10.3. The molecule has 0 aromatic heterocycles. The summed E-state index contributed by atoms with van der Waals surface area (Å²) in [6.07, 6.45) is 0. The molecule has 3 aromatic rings. The molecule has 0 spiro atoms. The lowest BCUT2D eigenvalue weighted by molar-refractivity contribution is 1.27. The molecule has 0 saturated carbocycles. The summed E-state index contributed by atoms with van der Waals surface area (Å²) in [4.78, 5) is 0. The zero-order chi connectivity index (χ0) is 20.7. The molecule has 0 nitrogen and oxygen atoms in total. The number of rotatable bonds is 3. The summed E-state index contributed by atoms with van der Waals surface area (Å²) in [7, 11) is 0. The van der Waals surface area contributed by atoms with E-state index in [-0.39, 0.29) is 6.71 Å². The van der Waals surface area contributed by atoms with Crippen molar-refractivity contribution in [3.63, 3.8) is 0 Å². The van der Waals surface area contributed by atoms with Gasteiger partial charge >= 0.3 is 0 Å². The van der Waals surface area contributed by atoms with Crippen molar-refractivity contribution in [3.05, 3.63) is 86.5 Å². The van der Waals surface area contributed by atoms with Crippen molar-refractivity contribution in [1.82, 2.24) is 0 Å². The second kappa shape index (κ2) is 7.62. The number of hydrogen-bond acceptors (Lipinski definition) is 0. The van der Waals surface area contributed by atoms with Gasteiger partial charge in [0.1, 0.15) is 0 Å². The lowest BCUT2D eigenvalue weighted by Gasteiger charge is -2.22. The van der Waals surface area contributed by atoms with E-state index >= 15 is 0 Å². The van der Waals surface area contributed by atoms with Gasteiger partial charge in [0, 0.05) is 0 Å². The molecular weight excluding hydrogens is 335 g/mol. The van der Waals surface area contributed by atoms with Crippen LogP contribution in [0.3, 0.4) is 0 Å². The van der Waals surface area contributed by atoms with Crippen molar-refractivity contribution >= 4 is 23.1 Å². The standard InChI is InChI=1S/C27H33B/c1-16-10-25(11-17(2)22(16)7)28(26-12-18(3)23(8)19(4)13-26)27-14-20(5)24(9)21(6)15-27/h10-15H,1-9H3. The van der Waals surface area contributed by atoms with Crippen LogP contribution in [0.25, 0.3) is 0 Å². The van der Waals surface area contributed by atoms with Crippen molar-refractivity contribution in [2.24, 2.45) is 0 Å². The lowest BCUT2D eigenvalue weighted by atomic mass is 9.36. The molecule has 0 saturated heterocycles. The zero-order valence-electron chi connectivity index (χ0n) is 19.0. The lowest BCUT2D eigenvalue weighted by Crippen LogP contribution is -2.52. The summed E-state index contributed by atoms with van der Waals surface area (Å²) in [5.41, 5.74) is 16.6. The van der Waals surface area contributed by atoms with Gasteiger partial charge in [-0.15, -0.1) is 0 Å². The first-order chi connectivity index (χ1) is 13.1. The van der Waals surface area contributed by atoms with E-state index in [1.54, 1.807) is 0 Å². The van der Waals surface area contributed by atoms with Gasteiger partial charge in [-0.05, 0) is 112 Å². The fraction of sp³-hybridized carbons (Fsp3) is 0.333. The van der Waals surface area contributed by atoms with E-state index < -0.39 is 0 Å². The van der Waals surface area contributed by atoms with E-state index in [9.17, 15) is 0 Å². The molecule has 0 aliphatic carbocycles. The van der Waals surface area contributed by atoms with Gasteiger partial charge in [0.2, 0.25) is 6.71 Å². The maximum atomic E-state index is 2.39. The minimum atomic E-state index is 0.258. The third kappa shape index (κ3) is 3.68. The van der Waals surface area contributed by atoms with Gasteiger partial charge in [-0.1, -0.05) is 52.8 Å². The molecule has 28 heavy (non-hydrogen) atoms. The molecule has 0 atom stereocenters. The van der Waals surface area contributed by atoms with Crippen LogP contribution in [0.1, 0.15) is 50.1 Å². The molecule has 3 rings (SSSR count). The largest absolute Gasteiger partial charge is 0.241 e. The Morgan fingerprint density at radius 2 is 0.536 bits per heavy atom. The van der Waals surface area contributed by atoms with Crippen molar-refractivity contribution in [2.75, 3.05) is 0 Å². The van der Waals surface area contributed by atoms with E-state index in [1.165, 1.54) is 66.5 Å². The van der Waals surface area contributed by atoms with Crippen LogP contribution in [-0.2, 0) is 0 Å². The number of aryl methyl sites for hydroxylation is 6. The average Bonchev–Trinajstić information content (AvgIpc) is 2.62. The van der Waals surface area contributed by atoms with Gasteiger partial charge < -0.3 is 0 Å². The Morgan fingerprint density at radius 1 is 0.357 bits per heavy atom. The van der Waals surface area contributed by atoms with E-state index in [1.807, 2.05) is 0 Å².